The van der Waals surface area contributed by atoms with Gasteiger partial charge in [0.1, 0.15) is 5.82 Å². The Morgan fingerprint density at radius 1 is 1.44 bits per heavy atom. The molecule has 1 fully saturated rings. The molecule has 2 rings (SSSR count). The Balaban J connectivity index is 2.15. The number of rotatable bonds is 1. The lowest BCUT2D eigenvalue weighted by Gasteiger charge is -2.22. The van der Waals surface area contributed by atoms with Crippen LogP contribution in [0.2, 0.25) is 0 Å². The molecule has 1 aliphatic rings. The van der Waals surface area contributed by atoms with Gasteiger partial charge in [-0.1, -0.05) is 13.8 Å². The Morgan fingerprint density at radius 3 is 2.94 bits per heavy atom. The van der Waals surface area contributed by atoms with Crippen LogP contribution in [0.3, 0.4) is 0 Å². The van der Waals surface area contributed by atoms with E-state index in [1.54, 1.807) is 6.07 Å². The van der Waals surface area contributed by atoms with Crippen molar-refractivity contribution in [3.8, 4) is 0 Å². The third kappa shape index (κ3) is 2.74. The smallest absolute Gasteiger partial charge is 0.141 e. The van der Waals surface area contributed by atoms with Crippen LogP contribution < -0.4 is 5.32 Å². The van der Waals surface area contributed by atoms with Gasteiger partial charge in [0.2, 0.25) is 0 Å². The van der Waals surface area contributed by atoms with E-state index in [2.05, 4.69) is 24.1 Å². The Morgan fingerprint density at radius 2 is 2.25 bits per heavy atom. The van der Waals surface area contributed by atoms with Crippen molar-refractivity contribution in [1.29, 1.82) is 0 Å². The number of hydrogen-bond donors (Lipinski definition) is 1. The van der Waals surface area contributed by atoms with Crippen LogP contribution in [0, 0.1) is 5.82 Å². The van der Waals surface area contributed by atoms with Gasteiger partial charge in [0.25, 0.3) is 0 Å². The monoisotopic (exact) mass is 240 g/mol. The average molecular weight is 240 g/mol. The molecule has 1 N–H and O–H groups in total. The molecule has 0 aliphatic carbocycles. The van der Waals surface area contributed by atoms with Gasteiger partial charge in [-0.05, 0) is 25.1 Å². The molecule has 16 heavy (non-hydrogen) atoms. The highest BCUT2D eigenvalue weighted by atomic mass is 32.2. The molecule has 88 valence electrons. The Kier molecular flexibility index (Phi) is 3.82. The molecule has 1 aromatic rings. The van der Waals surface area contributed by atoms with E-state index in [-0.39, 0.29) is 11.9 Å². The minimum Gasteiger partial charge on any atom is -0.308 e. The summed E-state index contributed by atoms with van der Waals surface area (Å²) in [6.45, 7) is 5.46. The molecule has 3 unspecified atom stereocenters. The molecule has 3 atom stereocenters. The van der Waals surface area contributed by atoms with Crippen molar-refractivity contribution in [2.75, 3.05) is 6.54 Å². The molecule has 0 radical (unpaired) electrons. The van der Waals surface area contributed by atoms with Crippen molar-refractivity contribution in [1.82, 2.24) is 10.3 Å². The summed E-state index contributed by atoms with van der Waals surface area (Å²) < 4.78 is 12.8. The van der Waals surface area contributed by atoms with Gasteiger partial charge in [-0.15, -0.1) is 0 Å². The highest BCUT2D eigenvalue weighted by Crippen LogP contribution is 2.32. The fraction of sp³-hybridized carbons (Fsp3) is 0.583. The molecule has 2 heterocycles. The van der Waals surface area contributed by atoms with Crippen LogP contribution in [0.5, 0.6) is 0 Å². The number of aromatic nitrogens is 1. The maximum absolute atomic E-state index is 12.8. The van der Waals surface area contributed by atoms with Crippen molar-refractivity contribution >= 4 is 11.8 Å². The third-order valence-corrected chi connectivity index (χ3v) is 4.30. The van der Waals surface area contributed by atoms with Gasteiger partial charge in [-0.3, -0.25) is 4.98 Å². The van der Waals surface area contributed by atoms with Gasteiger partial charge in [-0.25, -0.2) is 4.39 Å². The lowest BCUT2D eigenvalue weighted by atomic mass is 10.1. The summed E-state index contributed by atoms with van der Waals surface area (Å²) in [6.07, 6.45) is 2.47. The zero-order valence-electron chi connectivity index (χ0n) is 9.61. The number of hydrogen-bond acceptors (Lipinski definition) is 3. The van der Waals surface area contributed by atoms with Gasteiger partial charge in [0, 0.05) is 10.5 Å². The Hall–Kier alpha value is -0.610. The largest absolute Gasteiger partial charge is 0.308 e. The van der Waals surface area contributed by atoms with Crippen molar-refractivity contribution in [3.05, 3.63) is 29.8 Å². The predicted octanol–water partition coefficient (Wildman–Crippen LogP) is 2.77. The summed E-state index contributed by atoms with van der Waals surface area (Å²) >= 11 is 1.97. The summed E-state index contributed by atoms with van der Waals surface area (Å²) in [7, 11) is 0. The second-order valence-electron chi connectivity index (χ2n) is 4.27. The van der Waals surface area contributed by atoms with Gasteiger partial charge < -0.3 is 5.32 Å². The third-order valence-electron chi connectivity index (χ3n) is 2.90. The molecular weight excluding hydrogens is 223 g/mol. The molecule has 0 amide bonds. The van der Waals surface area contributed by atoms with Gasteiger partial charge >= 0.3 is 0 Å². The van der Waals surface area contributed by atoms with Crippen LogP contribution in [0.15, 0.2) is 18.3 Å². The van der Waals surface area contributed by atoms with Crippen molar-refractivity contribution in [3.63, 3.8) is 0 Å². The number of nitrogens with one attached hydrogen (secondary N) is 1. The number of thioether (sulfide) groups is 1. The van der Waals surface area contributed by atoms with Crippen LogP contribution in [0.25, 0.3) is 0 Å². The highest BCUT2D eigenvalue weighted by Gasteiger charge is 2.25. The molecule has 0 bridgehead atoms. The van der Waals surface area contributed by atoms with Crippen LogP contribution in [0.4, 0.5) is 4.39 Å². The summed E-state index contributed by atoms with van der Waals surface area (Å²) in [4.78, 5) is 4.17. The Bertz CT molecular complexity index is 341. The first-order valence-electron chi connectivity index (χ1n) is 5.67. The maximum Gasteiger partial charge on any atom is 0.141 e. The molecule has 0 saturated carbocycles. The summed E-state index contributed by atoms with van der Waals surface area (Å²) in [5.74, 6) is -0.272. The van der Waals surface area contributed by atoms with Crippen molar-refractivity contribution in [2.24, 2.45) is 0 Å². The van der Waals surface area contributed by atoms with E-state index in [1.807, 2.05) is 11.8 Å². The normalized spacial score (nSPS) is 31.1. The second-order valence-corrected chi connectivity index (χ2v) is 6.09. The lowest BCUT2D eigenvalue weighted by Crippen LogP contribution is -2.28. The van der Waals surface area contributed by atoms with Crippen molar-refractivity contribution in [2.45, 2.75) is 36.8 Å². The van der Waals surface area contributed by atoms with Crippen LogP contribution in [-0.2, 0) is 0 Å². The number of halogens is 1. The molecule has 1 saturated heterocycles. The molecule has 1 aromatic heterocycles. The maximum atomic E-state index is 12.8. The van der Waals surface area contributed by atoms with E-state index in [0.29, 0.717) is 10.5 Å². The second kappa shape index (κ2) is 5.15. The molecule has 4 heteroatoms. The quantitative estimate of drug-likeness (QED) is 0.817. The summed E-state index contributed by atoms with van der Waals surface area (Å²) in [6, 6.07) is 3.49. The zero-order chi connectivity index (χ0) is 11.5. The minimum absolute atomic E-state index is 0.232. The van der Waals surface area contributed by atoms with Crippen LogP contribution in [-0.4, -0.2) is 22.0 Å². The van der Waals surface area contributed by atoms with Crippen molar-refractivity contribution < 1.29 is 4.39 Å². The molecular formula is C12H17FN2S. The average Bonchev–Trinajstić information content (AvgIpc) is 2.41. The van der Waals surface area contributed by atoms with Crippen LogP contribution >= 0.6 is 11.8 Å². The zero-order valence-corrected chi connectivity index (χ0v) is 10.4. The SMILES string of the molecule is CC1CCNC(c2ccc(F)cn2)C(C)S1. The summed E-state index contributed by atoms with van der Waals surface area (Å²) in [5, 5.41) is 4.63. The minimum atomic E-state index is -0.272. The fourth-order valence-corrected chi connectivity index (χ4v) is 3.42. The predicted molar refractivity (Wildman–Crippen MR) is 66.1 cm³/mol. The highest BCUT2D eigenvalue weighted by molar-refractivity contribution is 8.00. The Labute approximate surface area is 100 Å². The number of pyridine rings is 1. The van der Waals surface area contributed by atoms with E-state index in [1.165, 1.54) is 18.7 Å². The van der Waals surface area contributed by atoms with E-state index < -0.39 is 0 Å². The number of nitrogens with zero attached hydrogens (tertiary/aromatic N) is 1. The van der Waals surface area contributed by atoms with Crippen LogP contribution in [0.1, 0.15) is 32.0 Å². The fourth-order valence-electron chi connectivity index (χ4n) is 2.04. The van der Waals surface area contributed by atoms with Gasteiger partial charge in [0.15, 0.2) is 0 Å². The lowest BCUT2D eigenvalue weighted by molar-refractivity contribution is 0.520. The first kappa shape index (κ1) is 11.9. The topological polar surface area (TPSA) is 24.9 Å². The molecule has 0 spiro atoms. The summed E-state index contributed by atoms with van der Waals surface area (Å²) in [5.41, 5.74) is 0.940. The van der Waals surface area contributed by atoms with E-state index >= 15 is 0 Å². The molecule has 1 aliphatic heterocycles. The first-order valence-corrected chi connectivity index (χ1v) is 6.61. The van der Waals surface area contributed by atoms with Gasteiger partial charge in [-0.2, -0.15) is 11.8 Å². The van der Waals surface area contributed by atoms with E-state index in [9.17, 15) is 4.39 Å². The standard InChI is InChI=1S/C12H17FN2S/c1-8-5-6-14-12(9(2)16-8)11-4-3-10(13)7-15-11/h3-4,7-9,12,14H,5-6H2,1-2H3. The van der Waals surface area contributed by atoms with E-state index in [0.717, 1.165) is 12.2 Å². The first-order chi connectivity index (χ1) is 7.66. The molecule has 0 aromatic carbocycles. The van der Waals surface area contributed by atoms with Gasteiger partial charge in [0.05, 0.1) is 17.9 Å². The molecule has 2 nitrogen and oxygen atoms in total. The van der Waals surface area contributed by atoms with E-state index in [4.69, 9.17) is 0 Å².